The van der Waals surface area contributed by atoms with E-state index in [1.807, 2.05) is 19.1 Å². The van der Waals surface area contributed by atoms with Crippen molar-refractivity contribution < 1.29 is 14.1 Å². The molecule has 1 atom stereocenters. The van der Waals surface area contributed by atoms with Gasteiger partial charge in [-0.05, 0) is 18.6 Å². The molecule has 3 rings (SSSR count). The van der Waals surface area contributed by atoms with Crippen LogP contribution in [0, 0.1) is 0 Å². The highest BCUT2D eigenvalue weighted by molar-refractivity contribution is 5.81. The van der Waals surface area contributed by atoms with E-state index in [0.717, 1.165) is 25.1 Å². The summed E-state index contributed by atoms with van der Waals surface area (Å²) in [6.45, 7) is 5.45. The molecule has 1 fully saturated rings. The second kappa shape index (κ2) is 8.68. The highest BCUT2D eigenvalue weighted by atomic mass is 16.5. The Balaban J connectivity index is 1.49. The lowest BCUT2D eigenvalue weighted by Crippen LogP contribution is -2.51. The molecule has 0 aromatic carbocycles. The summed E-state index contributed by atoms with van der Waals surface area (Å²) in [5.74, 6) is 1.05. The highest BCUT2D eigenvalue weighted by Gasteiger charge is 2.25. The third-order valence-electron chi connectivity index (χ3n) is 4.20. The molecule has 8 nitrogen and oxygen atoms in total. The van der Waals surface area contributed by atoms with Gasteiger partial charge in [0.15, 0.2) is 0 Å². The van der Waals surface area contributed by atoms with Crippen LogP contribution in [0.4, 0.5) is 0 Å². The molecular formula is C17H23N5O3. The molecule has 134 valence electrons. The van der Waals surface area contributed by atoms with Gasteiger partial charge in [-0.3, -0.25) is 14.7 Å². The lowest BCUT2D eigenvalue weighted by Gasteiger charge is -2.32. The van der Waals surface area contributed by atoms with Gasteiger partial charge in [-0.1, -0.05) is 12.1 Å². The van der Waals surface area contributed by atoms with Crippen molar-refractivity contribution in [3.63, 3.8) is 0 Å². The molecule has 2 aromatic rings. The van der Waals surface area contributed by atoms with Gasteiger partial charge in [0.25, 0.3) is 0 Å². The van der Waals surface area contributed by atoms with E-state index < -0.39 is 0 Å². The van der Waals surface area contributed by atoms with Crippen molar-refractivity contribution >= 4 is 5.91 Å². The van der Waals surface area contributed by atoms with Crippen LogP contribution in [0.15, 0.2) is 29.0 Å². The first kappa shape index (κ1) is 17.5. The molecule has 25 heavy (non-hydrogen) atoms. The summed E-state index contributed by atoms with van der Waals surface area (Å²) in [6, 6.07) is 3.58. The Bertz CT molecular complexity index is 670. The summed E-state index contributed by atoms with van der Waals surface area (Å²) in [6.07, 6.45) is 4.65. The molecule has 0 saturated carbocycles. The van der Waals surface area contributed by atoms with E-state index in [9.17, 15) is 4.79 Å². The van der Waals surface area contributed by atoms with Crippen molar-refractivity contribution in [2.75, 3.05) is 32.8 Å². The van der Waals surface area contributed by atoms with Crippen LogP contribution in [0.25, 0.3) is 11.4 Å². The molecule has 0 unspecified atom stereocenters. The number of hydrogen-bond donors (Lipinski definition) is 1. The Morgan fingerprint density at radius 2 is 2.24 bits per heavy atom. The Morgan fingerprint density at radius 3 is 2.96 bits per heavy atom. The Hall–Kier alpha value is -2.32. The minimum atomic E-state index is -0.113. The number of morpholine rings is 1. The van der Waals surface area contributed by atoms with Crippen LogP contribution in [0.3, 0.4) is 0 Å². The fourth-order valence-corrected chi connectivity index (χ4v) is 2.88. The number of ether oxygens (including phenoxy) is 1. The Morgan fingerprint density at radius 1 is 1.40 bits per heavy atom. The maximum atomic E-state index is 12.4. The molecule has 8 heteroatoms. The van der Waals surface area contributed by atoms with Crippen molar-refractivity contribution in [3.05, 3.63) is 30.4 Å². The lowest BCUT2D eigenvalue weighted by atomic mass is 10.1. The number of nitrogens with one attached hydrogen (secondary N) is 1. The van der Waals surface area contributed by atoms with Gasteiger partial charge in [-0.2, -0.15) is 4.98 Å². The maximum absolute atomic E-state index is 12.4. The molecule has 0 bridgehead atoms. The fraction of sp³-hybridized carbons (Fsp3) is 0.529. The second-order valence-electron chi connectivity index (χ2n) is 5.87. The SMILES string of the molecule is CC[C@@H](C(=O)NCCc1nc(-c2cccnc2)no1)N1CCOCC1. The van der Waals surface area contributed by atoms with Crippen molar-refractivity contribution in [3.8, 4) is 11.4 Å². The summed E-state index contributed by atoms with van der Waals surface area (Å²) < 4.78 is 10.6. The van der Waals surface area contributed by atoms with Gasteiger partial charge in [-0.25, -0.2) is 0 Å². The lowest BCUT2D eigenvalue weighted by molar-refractivity contribution is -0.128. The number of carbonyl (C=O) groups is 1. The van der Waals surface area contributed by atoms with Gasteiger partial charge >= 0.3 is 0 Å². The van der Waals surface area contributed by atoms with E-state index in [0.29, 0.717) is 37.9 Å². The van der Waals surface area contributed by atoms with Crippen LogP contribution in [0.1, 0.15) is 19.2 Å². The zero-order valence-electron chi connectivity index (χ0n) is 14.4. The Labute approximate surface area is 146 Å². The standard InChI is InChI=1S/C17H23N5O3/c1-2-14(22-8-10-24-11-9-22)17(23)19-7-5-15-20-16(21-25-15)13-4-3-6-18-12-13/h3-4,6,12,14H,2,5,7-11H2,1H3,(H,19,23)/t14-/m0/s1. The second-order valence-corrected chi connectivity index (χ2v) is 5.87. The van der Waals surface area contributed by atoms with Crippen molar-refractivity contribution in [2.45, 2.75) is 25.8 Å². The molecule has 3 heterocycles. The van der Waals surface area contributed by atoms with E-state index >= 15 is 0 Å². The first-order valence-electron chi connectivity index (χ1n) is 8.60. The van der Waals surface area contributed by atoms with Gasteiger partial charge in [-0.15, -0.1) is 0 Å². The summed E-state index contributed by atoms with van der Waals surface area (Å²) in [4.78, 5) is 23.0. The van der Waals surface area contributed by atoms with E-state index in [-0.39, 0.29) is 11.9 Å². The van der Waals surface area contributed by atoms with Crippen LogP contribution in [0.5, 0.6) is 0 Å². The normalized spacial score (nSPS) is 16.5. The molecule has 2 aromatic heterocycles. The quantitative estimate of drug-likeness (QED) is 0.797. The minimum absolute atomic E-state index is 0.0383. The third-order valence-corrected chi connectivity index (χ3v) is 4.20. The molecule has 1 N–H and O–H groups in total. The van der Waals surface area contributed by atoms with E-state index in [2.05, 4.69) is 25.3 Å². The smallest absolute Gasteiger partial charge is 0.237 e. The third kappa shape index (κ3) is 4.61. The first-order chi connectivity index (χ1) is 12.3. The van der Waals surface area contributed by atoms with Crippen molar-refractivity contribution in [1.82, 2.24) is 25.3 Å². The van der Waals surface area contributed by atoms with Gasteiger partial charge in [0, 0.05) is 44.0 Å². The van der Waals surface area contributed by atoms with Crippen molar-refractivity contribution in [1.29, 1.82) is 0 Å². The van der Waals surface area contributed by atoms with Crippen molar-refractivity contribution in [2.24, 2.45) is 0 Å². The van der Waals surface area contributed by atoms with Crippen LogP contribution >= 0.6 is 0 Å². The average Bonchev–Trinajstić information content (AvgIpc) is 3.13. The monoisotopic (exact) mass is 345 g/mol. The van der Waals surface area contributed by atoms with Crippen LogP contribution in [-0.4, -0.2) is 64.8 Å². The number of aromatic nitrogens is 3. The summed E-state index contributed by atoms with van der Waals surface area (Å²) in [7, 11) is 0. The zero-order valence-corrected chi connectivity index (χ0v) is 14.4. The number of rotatable bonds is 7. The predicted molar refractivity (Wildman–Crippen MR) is 90.7 cm³/mol. The molecule has 1 aliphatic heterocycles. The topological polar surface area (TPSA) is 93.4 Å². The van der Waals surface area contributed by atoms with Crippen LogP contribution in [-0.2, 0) is 16.0 Å². The van der Waals surface area contributed by atoms with Gasteiger partial charge in [0.1, 0.15) is 0 Å². The molecule has 0 spiro atoms. The van der Waals surface area contributed by atoms with E-state index in [4.69, 9.17) is 9.26 Å². The van der Waals surface area contributed by atoms with Gasteiger partial charge in [0.05, 0.1) is 19.3 Å². The largest absolute Gasteiger partial charge is 0.379 e. The molecule has 0 radical (unpaired) electrons. The zero-order chi connectivity index (χ0) is 17.5. The van der Waals surface area contributed by atoms with E-state index in [1.165, 1.54) is 0 Å². The van der Waals surface area contributed by atoms with E-state index in [1.54, 1.807) is 12.4 Å². The number of carbonyl (C=O) groups excluding carboxylic acids is 1. The number of nitrogens with zero attached hydrogens (tertiary/aromatic N) is 4. The predicted octanol–water partition coefficient (Wildman–Crippen LogP) is 0.901. The Kier molecular flexibility index (Phi) is 6.08. The molecule has 1 saturated heterocycles. The van der Waals surface area contributed by atoms with Gasteiger partial charge in [0.2, 0.25) is 17.6 Å². The number of pyridine rings is 1. The first-order valence-corrected chi connectivity index (χ1v) is 8.60. The summed E-state index contributed by atoms with van der Waals surface area (Å²) >= 11 is 0. The number of amides is 1. The average molecular weight is 345 g/mol. The number of hydrogen-bond acceptors (Lipinski definition) is 7. The van der Waals surface area contributed by atoms with Gasteiger partial charge < -0.3 is 14.6 Å². The molecule has 1 aliphatic rings. The maximum Gasteiger partial charge on any atom is 0.237 e. The molecule has 0 aliphatic carbocycles. The summed E-state index contributed by atoms with van der Waals surface area (Å²) in [5, 5.41) is 6.91. The van der Waals surface area contributed by atoms with Crippen LogP contribution < -0.4 is 5.32 Å². The molecule has 1 amide bonds. The van der Waals surface area contributed by atoms with Crippen LogP contribution in [0.2, 0.25) is 0 Å². The highest BCUT2D eigenvalue weighted by Crippen LogP contribution is 2.13. The fourth-order valence-electron chi connectivity index (χ4n) is 2.88. The summed E-state index contributed by atoms with van der Waals surface area (Å²) in [5.41, 5.74) is 0.805. The minimum Gasteiger partial charge on any atom is -0.379 e. The molecular weight excluding hydrogens is 322 g/mol.